The van der Waals surface area contributed by atoms with Crippen molar-refractivity contribution in [1.82, 2.24) is 4.90 Å². The molecule has 0 aromatic rings. The lowest BCUT2D eigenvalue weighted by Crippen LogP contribution is -2.64. The van der Waals surface area contributed by atoms with Crippen molar-refractivity contribution in [2.75, 3.05) is 32.9 Å². The van der Waals surface area contributed by atoms with E-state index in [0.717, 1.165) is 50.8 Å². The molecule has 0 amide bonds. The summed E-state index contributed by atoms with van der Waals surface area (Å²) in [5, 5.41) is 20.1. The number of carboxylic acid groups (broad SMARTS) is 2. The maximum absolute atomic E-state index is 13.9. The Morgan fingerprint density at radius 2 is 1.83 bits per heavy atom. The SMILES string of the molecule is CCN(CC)C(C)CO[C@@H]1C2COC[C@@]3(C[C@H]1OC(=O)O)C1=CC(=O)C4C(CCC(CC(C)C)[C@H]4C(=O)O)C1CCC23. The van der Waals surface area contributed by atoms with Gasteiger partial charge in [-0.1, -0.05) is 33.3 Å². The largest absolute Gasteiger partial charge is 0.506 e. The number of ether oxygens (including phenoxy) is 3. The Hall–Kier alpha value is -1.97. The third-order valence-electron chi connectivity index (χ3n) is 11.7. The fourth-order valence-corrected chi connectivity index (χ4v) is 10.1. The molecule has 11 atom stereocenters. The van der Waals surface area contributed by atoms with Gasteiger partial charge in [0.05, 0.1) is 31.8 Å². The lowest BCUT2D eigenvalue weighted by atomic mass is 9.45. The van der Waals surface area contributed by atoms with Crippen LogP contribution < -0.4 is 0 Å². The number of carbonyl (C=O) groups excluding carboxylic acids is 1. The molecule has 2 bridgehead atoms. The fourth-order valence-electron chi connectivity index (χ4n) is 10.1. The number of carboxylic acids is 1. The first kappa shape index (κ1) is 31.5. The third-order valence-corrected chi connectivity index (χ3v) is 11.7. The Balaban J connectivity index is 1.46. The normalized spacial score (nSPS) is 40.0. The quantitative estimate of drug-likeness (QED) is 0.334. The van der Waals surface area contributed by atoms with Crippen molar-refractivity contribution in [2.24, 2.45) is 52.8 Å². The van der Waals surface area contributed by atoms with Gasteiger partial charge in [-0.25, -0.2) is 4.79 Å². The Morgan fingerprint density at radius 1 is 1.10 bits per heavy atom. The summed E-state index contributed by atoms with van der Waals surface area (Å²) < 4.78 is 18.4. The molecule has 42 heavy (non-hydrogen) atoms. The zero-order valence-electron chi connectivity index (χ0n) is 26.0. The van der Waals surface area contributed by atoms with Crippen molar-refractivity contribution in [3.63, 3.8) is 0 Å². The third kappa shape index (κ3) is 5.54. The predicted octanol–water partition coefficient (Wildman–Crippen LogP) is 5.13. The number of fused-ring (bicyclic) bond motifs is 3. The highest BCUT2D eigenvalue weighted by Gasteiger charge is 2.64. The van der Waals surface area contributed by atoms with Crippen LogP contribution in [-0.4, -0.2) is 84.2 Å². The summed E-state index contributed by atoms with van der Waals surface area (Å²) >= 11 is 0. The van der Waals surface area contributed by atoms with E-state index in [0.29, 0.717) is 32.2 Å². The highest BCUT2D eigenvalue weighted by atomic mass is 16.7. The molecule has 0 aromatic heterocycles. The molecule has 0 aromatic carbocycles. The van der Waals surface area contributed by atoms with Gasteiger partial charge in [-0.15, -0.1) is 0 Å². The van der Waals surface area contributed by atoms with Crippen molar-refractivity contribution in [1.29, 1.82) is 0 Å². The number of aliphatic carboxylic acids is 1. The minimum absolute atomic E-state index is 0.000416. The zero-order chi connectivity index (χ0) is 30.3. The second-order valence-corrected chi connectivity index (χ2v) is 14.1. The van der Waals surface area contributed by atoms with Crippen LogP contribution in [0.2, 0.25) is 0 Å². The summed E-state index contributed by atoms with van der Waals surface area (Å²) in [4.78, 5) is 40.8. The molecule has 0 radical (unpaired) electrons. The van der Waals surface area contributed by atoms with Crippen molar-refractivity contribution in [3.05, 3.63) is 11.6 Å². The van der Waals surface area contributed by atoms with E-state index in [9.17, 15) is 24.6 Å². The molecule has 0 spiro atoms. The minimum atomic E-state index is -1.31. The molecule has 3 saturated carbocycles. The molecule has 236 valence electrons. The van der Waals surface area contributed by atoms with Crippen LogP contribution in [-0.2, 0) is 23.8 Å². The monoisotopic (exact) mass is 589 g/mol. The lowest BCUT2D eigenvalue weighted by molar-refractivity contribution is -0.219. The highest BCUT2D eigenvalue weighted by molar-refractivity contribution is 5.97. The molecule has 1 heterocycles. The van der Waals surface area contributed by atoms with Gasteiger partial charge in [0.25, 0.3) is 0 Å². The van der Waals surface area contributed by atoms with E-state index in [1.165, 1.54) is 0 Å². The Bertz CT molecular complexity index is 1050. The van der Waals surface area contributed by atoms with Gasteiger partial charge in [-0.2, -0.15) is 0 Å². The van der Waals surface area contributed by atoms with Crippen LogP contribution >= 0.6 is 0 Å². The lowest BCUT2D eigenvalue weighted by Gasteiger charge is -2.62. The number of hydrogen-bond donors (Lipinski definition) is 2. The molecule has 9 nitrogen and oxygen atoms in total. The van der Waals surface area contributed by atoms with E-state index in [4.69, 9.17) is 14.2 Å². The van der Waals surface area contributed by atoms with Crippen molar-refractivity contribution < 1.29 is 38.8 Å². The molecule has 5 rings (SSSR count). The van der Waals surface area contributed by atoms with Crippen LogP contribution in [0.4, 0.5) is 4.79 Å². The predicted molar refractivity (Wildman–Crippen MR) is 156 cm³/mol. The summed E-state index contributed by atoms with van der Waals surface area (Å²) in [6.45, 7) is 13.8. The second-order valence-electron chi connectivity index (χ2n) is 14.1. The van der Waals surface area contributed by atoms with Gasteiger partial charge in [-0.05, 0) is 94.2 Å². The molecule has 4 fully saturated rings. The average molecular weight is 590 g/mol. The first-order chi connectivity index (χ1) is 20.0. The van der Waals surface area contributed by atoms with Gasteiger partial charge in [0.2, 0.25) is 0 Å². The maximum atomic E-state index is 13.9. The number of hydrogen-bond acceptors (Lipinski definition) is 7. The van der Waals surface area contributed by atoms with Crippen molar-refractivity contribution in [2.45, 2.75) is 91.4 Å². The summed E-state index contributed by atoms with van der Waals surface area (Å²) in [6, 6.07) is 0.181. The molecule has 7 unspecified atom stereocenters. The van der Waals surface area contributed by atoms with E-state index < -0.39 is 41.6 Å². The summed E-state index contributed by atoms with van der Waals surface area (Å²) in [5.74, 6) is -1.39. The van der Waals surface area contributed by atoms with Crippen LogP contribution in [0.15, 0.2) is 11.6 Å². The number of rotatable bonds is 10. The topological polar surface area (TPSA) is 123 Å². The Morgan fingerprint density at radius 3 is 2.48 bits per heavy atom. The molecular weight excluding hydrogens is 538 g/mol. The first-order valence-corrected chi connectivity index (χ1v) is 16.3. The van der Waals surface area contributed by atoms with E-state index in [1.807, 2.05) is 0 Å². The second kappa shape index (κ2) is 12.6. The molecule has 2 N–H and O–H groups in total. The Labute approximate surface area is 250 Å². The molecule has 1 aliphatic heterocycles. The van der Waals surface area contributed by atoms with Crippen LogP contribution in [0, 0.1) is 52.8 Å². The fraction of sp³-hybridized carbons (Fsp3) is 0.848. The van der Waals surface area contributed by atoms with Gasteiger partial charge in [0, 0.05) is 23.3 Å². The van der Waals surface area contributed by atoms with Crippen molar-refractivity contribution >= 4 is 17.9 Å². The Kier molecular flexibility index (Phi) is 9.41. The first-order valence-electron chi connectivity index (χ1n) is 16.3. The summed E-state index contributed by atoms with van der Waals surface area (Å²) in [5.41, 5.74) is 0.569. The summed E-state index contributed by atoms with van der Waals surface area (Å²) in [7, 11) is 0. The number of carbonyl (C=O) groups is 3. The van der Waals surface area contributed by atoms with Crippen LogP contribution in [0.1, 0.15) is 73.1 Å². The molecule has 9 heteroatoms. The molecular formula is C33H51NO8. The van der Waals surface area contributed by atoms with Crippen LogP contribution in [0.5, 0.6) is 0 Å². The van der Waals surface area contributed by atoms with Gasteiger partial charge in [-0.3, -0.25) is 14.5 Å². The van der Waals surface area contributed by atoms with Gasteiger partial charge in [0.1, 0.15) is 6.10 Å². The zero-order valence-corrected chi connectivity index (χ0v) is 26.0. The van der Waals surface area contributed by atoms with E-state index >= 15 is 0 Å². The highest BCUT2D eigenvalue weighted by Crippen LogP contribution is 2.64. The standard InChI is InChI=1S/C33H51NO8/c1-6-34(7-2)19(5)15-41-30-23-16-40-17-33(14-27(30)42-32(38)39)24(23)11-10-21-22-9-8-20(12-18(3)4)28(31(36)37)29(22)26(35)13-25(21)33/h13,18-24,27-30H,6-12,14-17H2,1-5H3,(H,36,37)(H,38,39)/t19?,20?,21?,22?,23?,24?,27-,28-,29?,30-,33-/m1/s1. The van der Waals surface area contributed by atoms with Gasteiger partial charge < -0.3 is 24.4 Å². The number of likely N-dealkylation sites (N-methyl/N-ethyl adjacent to an activating group) is 1. The van der Waals surface area contributed by atoms with Crippen molar-refractivity contribution in [3.8, 4) is 0 Å². The summed E-state index contributed by atoms with van der Waals surface area (Å²) in [6.07, 6.45) is 4.18. The van der Waals surface area contributed by atoms with E-state index in [-0.39, 0.29) is 41.4 Å². The van der Waals surface area contributed by atoms with E-state index in [1.54, 1.807) is 6.08 Å². The van der Waals surface area contributed by atoms with Crippen LogP contribution in [0.3, 0.4) is 0 Å². The molecule has 5 aliphatic rings. The minimum Gasteiger partial charge on any atom is -0.481 e. The van der Waals surface area contributed by atoms with Crippen LogP contribution in [0.25, 0.3) is 0 Å². The molecule has 4 aliphatic carbocycles. The van der Waals surface area contributed by atoms with Gasteiger partial charge in [0.15, 0.2) is 5.78 Å². The smallest absolute Gasteiger partial charge is 0.481 e. The van der Waals surface area contributed by atoms with E-state index in [2.05, 4.69) is 39.5 Å². The average Bonchev–Trinajstić information content (AvgIpc) is 2.92. The number of ketones is 1. The number of allylic oxidation sites excluding steroid dienone is 1. The maximum Gasteiger partial charge on any atom is 0.506 e. The number of nitrogens with zero attached hydrogens (tertiary/aromatic N) is 1. The molecule has 1 saturated heterocycles. The van der Waals surface area contributed by atoms with Gasteiger partial charge >= 0.3 is 12.1 Å².